The third kappa shape index (κ3) is 7.26. The summed E-state index contributed by atoms with van der Waals surface area (Å²) in [5.41, 5.74) is 26.1. The molecule has 12 rings (SSSR count). The molecule has 5 aliphatic rings. The average molecular weight is 1000 g/mol. The largest absolute Gasteiger partial charge is 0.334 e. The molecule has 0 bridgehead atoms. The normalized spacial score (nSPS) is 21.0. The molecule has 0 saturated heterocycles. The van der Waals surface area contributed by atoms with Crippen molar-refractivity contribution in [3.8, 4) is 0 Å². The molecule has 0 amide bonds. The molecule has 7 aromatic rings. The molecule has 3 heterocycles. The van der Waals surface area contributed by atoms with E-state index in [0.717, 1.165) is 6.42 Å². The van der Waals surface area contributed by atoms with Crippen molar-refractivity contribution in [2.45, 2.75) is 194 Å². The molecule has 2 aliphatic carbocycles. The van der Waals surface area contributed by atoms with Crippen LogP contribution in [0.4, 0.5) is 45.5 Å². The van der Waals surface area contributed by atoms with Crippen LogP contribution in [-0.2, 0) is 37.9 Å². The van der Waals surface area contributed by atoms with Gasteiger partial charge in [-0.15, -0.1) is 0 Å². The zero-order valence-corrected chi connectivity index (χ0v) is 49.4. The van der Waals surface area contributed by atoms with Gasteiger partial charge in [0.15, 0.2) is 0 Å². The van der Waals surface area contributed by atoms with E-state index in [4.69, 9.17) is 0 Å². The Hall–Kier alpha value is -6.00. The first-order valence-corrected chi connectivity index (χ1v) is 28.8. The van der Waals surface area contributed by atoms with Crippen LogP contribution in [0.15, 0.2) is 133 Å². The Bertz CT molecular complexity index is 3490. The maximum Gasteiger partial charge on any atom is 0.252 e. The van der Waals surface area contributed by atoms with Crippen molar-refractivity contribution < 1.29 is 0 Å². The zero-order chi connectivity index (χ0) is 54.2. The van der Waals surface area contributed by atoms with Gasteiger partial charge in [0.1, 0.15) is 0 Å². The zero-order valence-electron chi connectivity index (χ0n) is 49.4. The predicted molar refractivity (Wildman–Crippen MR) is 329 cm³/mol. The summed E-state index contributed by atoms with van der Waals surface area (Å²) < 4.78 is 0. The molecule has 76 heavy (non-hydrogen) atoms. The molecule has 7 aromatic carbocycles. The van der Waals surface area contributed by atoms with Crippen LogP contribution in [0.3, 0.4) is 0 Å². The van der Waals surface area contributed by atoms with E-state index in [9.17, 15) is 0 Å². The fraction of sp³-hybridized carbons (Fsp3) is 0.417. The average Bonchev–Trinajstić information content (AvgIpc) is 3.69. The first-order chi connectivity index (χ1) is 35.5. The molecule has 0 N–H and O–H groups in total. The van der Waals surface area contributed by atoms with Crippen molar-refractivity contribution in [2.75, 3.05) is 14.7 Å². The Kier molecular flexibility index (Phi) is 10.9. The minimum absolute atomic E-state index is 0.00137. The second-order valence-corrected chi connectivity index (χ2v) is 29.5. The number of anilines is 8. The van der Waals surface area contributed by atoms with Crippen molar-refractivity contribution in [1.82, 2.24) is 0 Å². The fourth-order valence-corrected chi connectivity index (χ4v) is 14.9. The molecule has 0 spiro atoms. The lowest BCUT2D eigenvalue weighted by molar-refractivity contribution is 0.195. The highest BCUT2D eigenvalue weighted by Crippen LogP contribution is 2.62. The number of benzene rings is 7. The lowest BCUT2D eigenvalue weighted by atomic mass is 9.33. The Morgan fingerprint density at radius 3 is 1.42 bits per heavy atom. The van der Waals surface area contributed by atoms with Crippen LogP contribution >= 0.6 is 0 Å². The van der Waals surface area contributed by atoms with Crippen molar-refractivity contribution in [1.29, 1.82) is 0 Å². The minimum Gasteiger partial charge on any atom is -0.334 e. The van der Waals surface area contributed by atoms with Crippen LogP contribution in [0.2, 0.25) is 0 Å². The monoisotopic (exact) mass is 1000 g/mol. The van der Waals surface area contributed by atoms with Crippen LogP contribution in [0, 0.1) is 0 Å². The predicted octanol–water partition coefficient (Wildman–Crippen LogP) is 17.7. The van der Waals surface area contributed by atoms with Gasteiger partial charge < -0.3 is 14.7 Å². The summed E-state index contributed by atoms with van der Waals surface area (Å²) in [6.45, 7) is 43.5. The molecule has 2 atom stereocenters. The minimum atomic E-state index is -0.238. The molecule has 2 unspecified atom stereocenters. The van der Waals surface area contributed by atoms with Crippen LogP contribution in [0.1, 0.15) is 200 Å². The SMILES string of the molecule is CC(C)(C)c1ccc(N2c3ccc(C(C)(C)C)cc3B3c4cc5c(cc4N(c4cc(C(C)(C)C)cc(C(C)(C)C)c4)c4cc(N6c7ccccc7C7(C)CCCCC67C)cc2c43)C(C)(C)c2ccccc2C5(C)C)cc1. The summed E-state index contributed by atoms with van der Waals surface area (Å²) in [7, 11) is 0. The van der Waals surface area contributed by atoms with E-state index in [1.54, 1.807) is 0 Å². The van der Waals surface area contributed by atoms with E-state index in [1.165, 1.54) is 131 Å². The van der Waals surface area contributed by atoms with E-state index in [-0.39, 0.29) is 50.2 Å². The summed E-state index contributed by atoms with van der Waals surface area (Å²) in [5.74, 6) is 0. The van der Waals surface area contributed by atoms with Crippen LogP contribution < -0.4 is 31.1 Å². The summed E-state index contributed by atoms with van der Waals surface area (Å²) in [5, 5.41) is 0. The number of hydrogen-bond donors (Lipinski definition) is 0. The molecule has 4 heteroatoms. The van der Waals surface area contributed by atoms with Gasteiger partial charge in [-0.05, 0) is 162 Å². The van der Waals surface area contributed by atoms with Gasteiger partial charge in [0.2, 0.25) is 0 Å². The standard InChI is InChI=1S/C72H84BN3/c1-65(2,3)45-29-32-49(33-30-45)74-60-34-31-46(66(4,5)6)40-57(60)73-58-43-55-56(70(15,16)53-26-20-19-25-52(53)69(55,13)14)44-61(58)75(50-38-47(67(7,8)9)37-48(39-50)68(10,11)12)63-42-51(41-62(74)64(63)73)76-59-28-22-21-27-54(59)71(17)35-23-24-36-72(71,76)18/h19-22,25-34,37-44H,23-24,35-36H2,1-18H3. The Labute approximate surface area is 458 Å². The Morgan fingerprint density at radius 1 is 0.368 bits per heavy atom. The van der Waals surface area contributed by atoms with Crippen molar-refractivity contribution in [3.63, 3.8) is 0 Å². The van der Waals surface area contributed by atoms with Gasteiger partial charge in [-0.2, -0.15) is 0 Å². The van der Waals surface area contributed by atoms with Crippen LogP contribution in [0.5, 0.6) is 0 Å². The highest BCUT2D eigenvalue weighted by atomic mass is 15.3. The maximum absolute atomic E-state index is 2.82. The van der Waals surface area contributed by atoms with Gasteiger partial charge in [-0.3, -0.25) is 0 Å². The highest BCUT2D eigenvalue weighted by Gasteiger charge is 2.58. The fourth-order valence-electron chi connectivity index (χ4n) is 14.9. The molecule has 3 nitrogen and oxygen atoms in total. The van der Waals surface area contributed by atoms with E-state index in [2.05, 4.69) is 273 Å². The first kappa shape index (κ1) is 50.8. The van der Waals surface area contributed by atoms with Crippen LogP contribution in [-0.4, -0.2) is 12.3 Å². The summed E-state index contributed by atoms with van der Waals surface area (Å²) in [6, 6.07) is 54.0. The third-order valence-corrected chi connectivity index (χ3v) is 19.8. The lowest BCUT2D eigenvalue weighted by Gasteiger charge is -2.51. The topological polar surface area (TPSA) is 9.72 Å². The summed E-state index contributed by atoms with van der Waals surface area (Å²) in [6.07, 6.45) is 4.80. The van der Waals surface area contributed by atoms with Gasteiger partial charge in [0, 0.05) is 61.7 Å². The molecular weight excluding hydrogens is 918 g/mol. The third-order valence-electron chi connectivity index (χ3n) is 19.8. The van der Waals surface area contributed by atoms with Crippen molar-refractivity contribution >= 4 is 68.6 Å². The number of nitrogens with zero attached hydrogens (tertiary/aromatic N) is 3. The van der Waals surface area contributed by atoms with Gasteiger partial charge in [0.05, 0.1) is 5.54 Å². The van der Waals surface area contributed by atoms with E-state index >= 15 is 0 Å². The van der Waals surface area contributed by atoms with Crippen molar-refractivity contribution in [3.05, 3.63) is 184 Å². The van der Waals surface area contributed by atoms with Gasteiger partial charge in [-0.25, -0.2) is 0 Å². The van der Waals surface area contributed by atoms with E-state index in [1.807, 2.05) is 0 Å². The second kappa shape index (κ2) is 16.3. The smallest absolute Gasteiger partial charge is 0.252 e. The molecule has 1 fully saturated rings. The molecule has 390 valence electrons. The van der Waals surface area contributed by atoms with E-state index < -0.39 is 0 Å². The van der Waals surface area contributed by atoms with Gasteiger partial charge in [-0.1, -0.05) is 209 Å². The Balaban J connectivity index is 1.26. The highest BCUT2D eigenvalue weighted by molar-refractivity contribution is 7.00. The number of hydrogen-bond acceptors (Lipinski definition) is 3. The molecule has 1 saturated carbocycles. The molecule has 0 aromatic heterocycles. The quantitative estimate of drug-likeness (QED) is 0.163. The van der Waals surface area contributed by atoms with Gasteiger partial charge in [0.25, 0.3) is 6.71 Å². The lowest BCUT2D eigenvalue weighted by Crippen LogP contribution is -2.62. The van der Waals surface area contributed by atoms with Gasteiger partial charge >= 0.3 is 0 Å². The summed E-state index contributed by atoms with van der Waals surface area (Å²) >= 11 is 0. The molecule has 3 aliphatic heterocycles. The maximum atomic E-state index is 2.82. The van der Waals surface area contributed by atoms with Crippen LogP contribution in [0.25, 0.3) is 0 Å². The number of fused-ring (bicyclic) bond motifs is 9. The number of para-hydroxylation sites is 1. The molecule has 0 radical (unpaired) electrons. The summed E-state index contributed by atoms with van der Waals surface area (Å²) in [4.78, 5) is 8.24. The number of rotatable bonds is 3. The van der Waals surface area contributed by atoms with Crippen molar-refractivity contribution in [2.24, 2.45) is 0 Å². The molecular formula is C72H84BN3. The first-order valence-electron chi connectivity index (χ1n) is 28.8. The Morgan fingerprint density at radius 2 is 0.855 bits per heavy atom. The van der Waals surface area contributed by atoms with E-state index in [0.29, 0.717) is 0 Å². The second-order valence-electron chi connectivity index (χ2n) is 29.5.